The minimum Gasteiger partial charge on any atom is -0.478 e. The molecule has 6 heteroatoms. The van der Waals surface area contributed by atoms with Gasteiger partial charge in [-0.1, -0.05) is 0 Å². The number of anilines is 1. The number of benzene rings is 1. The fourth-order valence-electron chi connectivity index (χ4n) is 1.34. The zero-order chi connectivity index (χ0) is 13.7. The van der Waals surface area contributed by atoms with Crippen molar-refractivity contribution in [1.29, 1.82) is 0 Å². The van der Waals surface area contributed by atoms with Crippen LogP contribution in [0, 0.1) is 0 Å². The van der Waals surface area contributed by atoms with Gasteiger partial charge < -0.3 is 20.9 Å². The molecule has 1 atom stereocenters. The van der Waals surface area contributed by atoms with Gasteiger partial charge in [0.1, 0.15) is 5.75 Å². The minimum absolute atomic E-state index is 0.167. The van der Waals surface area contributed by atoms with Crippen LogP contribution in [0.5, 0.6) is 5.75 Å². The van der Waals surface area contributed by atoms with E-state index in [9.17, 15) is 9.59 Å². The van der Waals surface area contributed by atoms with E-state index in [1.54, 1.807) is 6.92 Å². The van der Waals surface area contributed by atoms with Gasteiger partial charge in [0.15, 0.2) is 6.10 Å². The van der Waals surface area contributed by atoms with Crippen molar-refractivity contribution in [3.05, 3.63) is 23.8 Å². The predicted molar refractivity (Wildman–Crippen MR) is 66.1 cm³/mol. The standard InChI is InChI=1S/C12H16N2O4/c1-3-17-12(16)7(2)18-10-6-8(13)4-5-9(10)11(14)15/h4-7H,3,13H2,1-2H3,(H2,14,15). The van der Waals surface area contributed by atoms with Crippen molar-refractivity contribution in [2.45, 2.75) is 20.0 Å². The Morgan fingerprint density at radius 1 is 1.39 bits per heavy atom. The van der Waals surface area contributed by atoms with Crippen LogP contribution >= 0.6 is 0 Å². The molecule has 0 aliphatic carbocycles. The summed E-state index contributed by atoms with van der Waals surface area (Å²) in [5, 5.41) is 0. The Balaban J connectivity index is 2.92. The summed E-state index contributed by atoms with van der Waals surface area (Å²) in [6.07, 6.45) is -0.843. The molecule has 0 saturated heterocycles. The molecule has 4 N–H and O–H groups in total. The maximum absolute atomic E-state index is 11.4. The largest absolute Gasteiger partial charge is 0.478 e. The Morgan fingerprint density at radius 3 is 2.61 bits per heavy atom. The Morgan fingerprint density at radius 2 is 2.06 bits per heavy atom. The molecular weight excluding hydrogens is 236 g/mol. The fraction of sp³-hybridized carbons (Fsp3) is 0.333. The van der Waals surface area contributed by atoms with Crippen LogP contribution < -0.4 is 16.2 Å². The van der Waals surface area contributed by atoms with Crippen LogP contribution in [0.25, 0.3) is 0 Å². The zero-order valence-electron chi connectivity index (χ0n) is 10.3. The van der Waals surface area contributed by atoms with Crippen LogP contribution in [0.2, 0.25) is 0 Å². The van der Waals surface area contributed by atoms with Crippen LogP contribution in [0.15, 0.2) is 18.2 Å². The summed E-state index contributed by atoms with van der Waals surface area (Å²) in [4.78, 5) is 22.6. The number of esters is 1. The highest BCUT2D eigenvalue weighted by molar-refractivity contribution is 5.96. The number of hydrogen-bond acceptors (Lipinski definition) is 5. The number of rotatable bonds is 5. The summed E-state index contributed by atoms with van der Waals surface area (Å²) >= 11 is 0. The van der Waals surface area contributed by atoms with E-state index in [1.165, 1.54) is 25.1 Å². The third-order valence-electron chi connectivity index (χ3n) is 2.19. The van der Waals surface area contributed by atoms with Gasteiger partial charge in [-0.05, 0) is 26.0 Å². The SMILES string of the molecule is CCOC(=O)C(C)Oc1cc(N)ccc1C(N)=O. The molecule has 0 spiro atoms. The van der Waals surface area contributed by atoms with E-state index >= 15 is 0 Å². The Labute approximate surface area is 105 Å². The van der Waals surface area contributed by atoms with Gasteiger partial charge in [0.05, 0.1) is 12.2 Å². The van der Waals surface area contributed by atoms with Crippen molar-refractivity contribution in [3.8, 4) is 5.75 Å². The number of primary amides is 1. The molecule has 0 saturated carbocycles. The van der Waals surface area contributed by atoms with Gasteiger partial charge in [-0.15, -0.1) is 0 Å². The molecule has 18 heavy (non-hydrogen) atoms. The molecule has 1 aromatic rings. The molecule has 0 radical (unpaired) electrons. The minimum atomic E-state index is -0.843. The first-order chi connectivity index (χ1) is 8.45. The third kappa shape index (κ3) is 3.38. The van der Waals surface area contributed by atoms with Crippen molar-refractivity contribution >= 4 is 17.6 Å². The van der Waals surface area contributed by atoms with Crippen molar-refractivity contribution in [1.82, 2.24) is 0 Å². The predicted octanol–water partition coefficient (Wildman–Crippen LogP) is 0.698. The van der Waals surface area contributed by atoms with Crippen LogP contribution in [0.1, 0.15) is 24.2 Å². The molecule has 0 heterocycles. The second kappa shape index (κ2) is 5.90. The number of amides is 1. The van der Waals surface area contributed by atoms with Crippen LogP contribution in [0.3, 0.4) is 0 Å². The molecule has 98 valence electrons. The second-order valence-corrected chi connectivity index (χ2v) is 3.63. The number of nitrogen functional groups attached to an aromatic ring is 1. The quantitative estimate of drug-likeness (QED) is 0.592. The van der Waals surface area contributed by atoms with Gasteiger partial charge in [-0.25, -0.2) is 4.79 Å². The Hall–Kier alpha value is -2.24. The lowest BCUT2D eigenvalue weighted by Crippen LogP contribution is -2.27. The van der Waals surface area contributed by atoms with Gasteiger partial charge in [0, 0.05) is 11.8 Å². The van der Waals surface area contributed by atoms with Crippen LogP contribution in [-0.2, 0) is 9.53 Å². The normalized spacial score (nSPS) is 11.7. The smallest absolute Gasteiger partial charge is 0.347 e. The Kier molecular flexibility index (Phi) is 4.53. The number of hydrogen-bond donors (Lipinski definition) is 2. The van der Waals surface area contributed by atoms with Gasteiger partial charge in [0.2, 0.25) is 0 Å². The summed E-state index contributed by atoms with van der Waals surface area (Å²) in [6, 6.07) is 4.42. The van der Waals surface area contributed by atoms with Crippen LogP contribution in [-0.4, -0.2) is 24.6 Å². The number of carbonyl (C=O) groups is 2. The van der Waals surface area contributed by atoms with E-state index < -0.39 is 18.0 Å². The van der Waals surface area contributed by atoms with Gasteiger partial charge in [0.25, 0.3) is 5.91 Å². The van der Waals surface area contributed by atoms with E-state index in [0.29, 0.717) is 5.69 Å². The molecule has 1 rings (SSSR count). The lowest BCUT2D eigenvalue weighted by atomic mass is 10.1. The fourth-order valence-corrected chi connectivity index (χ4v) is 1.34. The van der Waals surface area contributed by atoms with E-state index in [4.69, 9.17) is 20.9 Å². The summed E-state index contributed by atoms with van der Waals surface area (Å²) in [5.74, 6) is -1.00. The third-order valence-corrected chi connectivity index (χ3v) is 2.19. The molecular formula is C12H16N2O4. The first-order valence-electron chi connectivity index (χ1n) is 5.48. The highest BCUT2D eigenvalue weighted by atomic mass is 16.6. The molecule has 1 unspecified atom stereocenters. The maximum Gasteiger partial charge on any atom is 0.347 e. The highest BCUT2D eigenvalue weighted by Crippen LogP contribution is 2.22. The molecule has 0 aliphatic rings. The van der Waals surface area contributed by atoms with Gasteiger partial charge >= 0.3 is 5.97 Å². The summed E-state index contributed by atoms with van der Waals surface area (Å²) < 4.78 is 10.1. The molecule has 0 fully saturated rings. The molecule has 0 bridgehead atoms. The average Bonchev–Trinajstić information content (AvgIpc) is 2.28. The molecule has 0 aliphatic heterocycles. The topological polar surface area (TPSA) is 105 Å². The second-order valence-electron chi connectivity index (χ2n) is 3.63. The number of nitrogens with two attached hydrogens (primary N) is 2. The monoisotopic (exact) mass is 252 g/mol. The van der Waals surface area contributed by atoms with E-state index in [2.05, 4.69) is 0 Å². The molecule has 0 aromatic heterocycles. The van der Waals surface area contributed by atoms with Crippen molar-refractivity contribution in [3.63, 3.8) is 0 Å². The average molecular weight is 252 g/mol. The van der Waals surface area contributed by atoms with E-state index in [0.717, 1.165) is 0 Å². The Bertz CT molecular complexity index is 459. The van der Waals surface area contributed by atoms with Gasteiger partial charge in [-0.3, -0.25) is 4.79 Å². The first kappa shape index (κ1) is 13.8. The molecule has 6 nitrogen and oxygen atoms in total. The lowest BCUT2D eigenvalue weighted by molar-refractivity contribution is -0.150. The highest BCUT2D eigenvalue weighted by Gasteiger charge is 2.19. The molecule has 1 aromatic carbocycles. The van der Waals surface area contributed by atoms with Crippen molar-refractivity contribution in [2.24, 2.45) is 5.73 Å². The van der Waals surface area contributed by atoms with Gasteiger partial charge in [-0.2, -0.15) is 0 Å². The zero-order valence-corrected chi connectivity index (χ0v) is 10.3. The first-order valence-corrected chi connectivity index (χ1v) is 5.48. The summed E-state index contributed by atoms with van der Waals surface area (Å²) in [6.45, 7) is 3.47. The number of ether oxygens (including phenoxy) is 2. The van der Waals surface area contributed by atoms with Crippen LogP contribution in [0.4, 0.5) is 5.69 Å². The lowest BCUT2D eigenvalue weighted by Gasteiger charge is -2.15. The summed E-state index contributed by atoms with van der Waals surface area (Å²) in [5.41, 5.74) is 11.4. The van der Waals surface area contributed by atoms with E-state index in [-0.39, 0.29) is 17.9 Å². The van der Waals surface area contributed by atoms with Crippen molar-refractivity contribution < 1.29 is 19.1 Å². The number of carbonyl (C=O) groups excluding carboxylic acids is 2. The summed E-state index contributed by atoms with van der Waals surface area (Å²) in [7, 11) is 0. The van der Waals surface area contributed by atoms with Crippen molar-refractivity contribution in [2.75, 3.05) is 12.3 Å². The van der Waals surface area contributed by atoms with E-state index in [1.807, 2.05) is 0 Å². The maximum atomic E-state index is 11.4. The molecule has 1 amide bonds.